The van der Waals surface area contributed by atoms with E-state index in [0.717, 1.165) is 51.4 Å². The maximum absolute atomic E-state index is 12.0. The zero-order chi connectivity index (χ0) is 24.7. The Balaban J connectivity index is 1.51. The SMILES string of the molecule is C#CCOC(=O)CC[C@@H](C)[C@H]1CC[C@H]2[C@@H]3[C@H](O)C[C@@H]4C[C@@H](N=[N+]=[N-])CC[C@]4(C)[C@H]3C[C@H](O)[C@]12C. The number of esters is 1. The first kappa shape index (κ1) is 25.4. The second-order valence-electron chi connectivity index (χ2n) is 12.1. The molecular formula is C27H41N3O4. The predicted molar refractivity (Wildman–Crippen MR) is 129 cm³/mol. The monoisotopic (exact) mass is 471 g/mol. The third-order valence-corrected chi connectivity index (χ3v) is 10.9. The van der Waals surface area contributed by atoms with E-state index >= 15 is 0 Å². The van der Waals surface area contributed by atoms with Crippen molar-refractivity contribution >= 4 is 5.97 Å². The number of carbonyl (C=O) groups excluding carboxylic acids is 1. The number of hydrogen-bond donors (Lipinski definition) is 2. The van der Waals surface area contributed by atoms with Gasteiger partial charge in [-0.2, -0.15) is 0 Å². The minimum Gasteiger partial charge on any atom is -0.452 e. The average Bonchev–Trinajstić information content (AvgIpc) is 3.16. The van der Waals surface area contributed by atoms with E-state index in [1.807, 2.05) is 0 Å². The number of aliphatic hydroxyl groups is 2. The molecule has 0 heterocycles. The van der Waals surface area contributed by atoms with Crippen LogP contribution in [0.3, 0.4) is 0 Å². The number of rotatable bonds is 6. The van der Waals surface area contributed by atoms with Crippen LogP contribution in [0.1, 0.15) is 78.6 Å². The van der Waals surface area contributed by atoms with Gasteiger partial charge in [-0.25, -0.2) is 0 Å². The van der Waals surface area contributed by atoms with Gasteiger partial charge in [0.05, 0.1) is 12.2 Å². The van der Waals surface area contributed by atoms with Crippen molar-refractivity contribution in [1.29, 1.82) is 0 Å². The van der Waals surface area contributed by atoms with E-state index < -0.39 is 6.10 Å². The van der Waals surface area contributed by atoms with Crippen molar-refractivity contribution in [3.05, 3.63) is 10.4 Å². The molecule has 34 heavy (non-hydrogen) atoms. The van der Waals surface area contributed by atoms with Crippen molar-refractivity contribution in [2.24, 2.45) is 51.5 Å². The van der Waals surface area contributed by atoms with Crippen LogP contribution in [0.4, 0.5) is 0 Å². The lowest BCUT2D eigenvalue weighted by Gasteiger charge is -2.63. The molecule has 0 aromatic rings. The average molecular weight is 472 g/mol. The number of terminal acetylenes is 1. The predicted octanol–water partition coefficient (Wildman–Crippen LogP) is 4.86. The van der Waals surface area contributed by atoms with Gasteiger partial charge in [0.15, 0.2) is 6.61 Å². The molecule has 0 aromatic carbocycles. The Morgan fingerprint density at radius 2 is 2.00 bits per heavy atom. The van der Waals surface area contributed by atoms with Crippen LogP contribution >= 0.6 is 0 Å². The van der Waals surface area contributed by atoms with Crippen molar-refractivity contribution in [1.82, 2.24) is 0 Å². The van der Waals surface area contributed by atoms with E-state index in [2.05, 4.69) is 36.7 Å². The number of ether oxygens (including phenoxy) is 1. The Kier molecular flexibility index (Phi) is 7.25. The smallest absolute Gasteiger partial charge is 0.306 e. The quantitative estimate of drug-likeness (QED) is 0.189. The van der Waals surface area contributed by atoms with Gasteiger partial charge < -0.3 is 14.9 Å². The summed E-state index contributed by atoms with van der Waals surface area (Å²) in [6.07, 6.45) is 11.7. The molecule has 4 aliphatic carbocycles. The van der Waals surface area contributed by atoms with Gasteiger partial charge in [0.2, 0.25) is 0 Å². The lowest BCUT2D eigenvalue weighted by Crippen LogP contribution is -2.62. The molecule has 0 amide bonds. The van der Waals surface area contributed by atoms with Gasteiger partial charge in [-0.3, -0.25) is 4.79 Å². The van der Waals surface area contributed by atoms with Gasteiger partial charge in [0, 0.05) is 17.4 Å². The Hall–Kier alpha value is -1.74. The zero-order valence-electron chi connectivity index (χ0n) is 20.9. The van der Waals surface area contributed by atoms with Crippen molar-refractivity contribution < 1.29 is 19.7 Å². The van der Waals surface area contributed by atoms with Crippen LogP contribution in [-0.4, -0.2) is 41.0 Å². The first-order chi connectivity index (χ1) is 16.2. The van der Waals surface area contributed by atoms with Crippen LogP contribution < -0.4 is 0 Å². The normalized spacial score (nSPS) is 46.1. The minimum absolute atomic E-state index is 0.0134. The molecule has 4 rings (SSSR count). The molecule has 4 aliphatic rings. The summed E-state index contributed by atoms with van der Waals surface area (Å²) in [6, 6.07) is 0.0228. The Morgan fingerprint density at radius 3 is 2.71 bits per heavy atom. The number of aliphatic hydroxyl groups excluding tert-OH is 2. The summed E-state index contributed by atoms with van der Waals surface area (Å²) >= 11 is 0. The van der Waals surface area contributed by atoms with Crippen molar-refractivity contribution in [3.63, 3.8) is 0 Å². The van der Waals surface area contributed by atoms with Gasteiger partial charge >= 0.3 is 5.97 Å². The summed E-state index contributed by atoms with van der Waals surface area (Å²) in [5, 5.41) is 27.1. The van der Waals surface area contributed by atoms with Crippen LogP contribution in [-0.2, 0) is 9.53 Å². The molecular weight excluding hydrogens is 430 g/mol. The van der Waals surface area contributed by atoms with Crippen LogP contribution in [0.25, 0.3) is 10.4 Å². The van der Waals surface area contributed by atoms with E-state index in [9.17, 15) is 15.0 Å². The van der Waals surface area contributed by atoms with Gasteiger partial charge in [0.25, 0.3) is 0 Å². The summed E-state index contributed by atoms with van der Waals surface area (Å²) in [6.45, 7) is 6.81. The minimum atomic E-state index is -0.417. The molecule has 4 saturated carbocycles. The molecule has 0 spiro atoms. The van der Waals surface area contributed by atoms with E-state index in [1.165, 1.54) is 0 Å². The van der Waals surface area contributed by atoms with E-state index in [-0.39, 0.29) is 59.2 Å². The van der Waals surface area contributed by atoms with Crippen molar-refractivity contribution in [3.8, 4) is 12.3 Å². The molecule has 0 unspecified atom stereocenters. The third-order valence-electron chi connectivity index (χ3n) is 10.9. The largest absolute Gasteiger partial charge is 0.452 e. The highest BCUT2D eigenvalue weighted by Gasteiger charge is 2.65. The number of carbonyl (C=O) groups is 1. The lowest BCUT2D eigenvalue weighted by molar-refractivity contribution is -0.202. The number of fused-ring (bicyclic) bond motifs is 5. The highest BCUT2D eigenvalue weighted by atomic mass is 16.5. The molecule has 188 valence electrons. The first-order valence-electron chi connectivity index (χ1n) is 13.2. The van der Waals surface area contributed by atoms with E-state index in [4.69, 9.17) is 16.7 Å². The van der Waals surface area contributed by atoms with Gasteiger partial charge in [-0.1, -0.05) is 31.8 Å². The van der Waals surface area contributed by atoms with Crippen LogP contribution in [0.5, 0.6) is 0 Å². The maximum Gasteiger partial charge on any atom is 0.306 e. The second-order valence-corrected chi connectivity index (χ2v) is 12.1. The molecule has 0 bridgehead atoms. The van der Waals surface area contributed by atoms with Gasteiger partial charge in [-0.15, -0.1) is 6.42 Å². The Morgan fingerprint density at radius 1 is 1.24 bits per heavy atom. The summed E-state index contributed by atoms with van der Waals surface area (Å²) in [4.78, 5) is 15.0. The summed E-state index contributed by atoms with van der Waals surface area (Å²) < 4.78 is 5.04. The fourth-order valence-corrected chi connectivity index (χ4v) is 9.05. The molecule has 7 nitrogen and oxygen atoms in total. The van der Waals surface area contributed by atoms with Crippen LogP contribution in [0.15, 0.2) is 5.11 Å². The van der Waals surface area contributed by atoms with Crippen LogP contribution in [0.2, 0.25) is 0 Å². The Bertz CT molecular complexity index is 866. The first-order valence-corrected chi connectivity index (χ1v) is 13.2. The molecule has 7 heteroatoms. The summed E-state index contributed by atoms with van der Waals surface area (Å²) in [5.41, 5.74) is 8.72. The number of hydrogen-bond acceptors (Lipinski definition) is 5. The van der Waals surface area contributed by atoms with Crippen molar-refractivity contribution in [2.45, 2.75) is 96.8 Å². The maximum atomic E-state index is 12.0. The molecule has 4 fully saturated rings. The topological polar surface area (TPSA) is 116 Å². The Labute approximate surface area is 203 Å². The standard InChI is InChI=1S/C27H41N3O4/c1-5-12-34-24(33)9-6-16(2)19-7-8-20-25-21(15-23(32)27(19,20)4)26(3)11-10-18(29-30-28)13-17(26)14-22(25)31/h1,16-23,25,31-32H,6-15H2,2-4H3/t16-,17+,18+,19-,20+,21+,22-,23+,25+,26+,27-/m1/s1. The van der Waals surface area contributed by atoms with Crippen molar-refractivity contribution in [2.75, 3.05) is 6.61 Å². The van der Waals surface area contributed by atoms with Gasteiger partial charge in [-0.05, 0) is 103 Å². The van der Waals surface area contributed by atoms with Gasteiger partial charge in [0.1, 0.15) is 0 Å². The highest BCUT2D eigenvalue weighted by Crippen LogP contribution is 2.68. The molecule has 0 saturated heterocycles. The number of nitrogens with zero attached hydrogens (tertiary/aromatic N) is 3. The zero-order valence-corrected chi connectivity index (χ0v) is 20.9. The molecule has 11 atom stereocenters. The highest BCUT2D eigenvalue weighted by molar-refractivity contribution is 5.69. The second kappa shape index (κ2) is 9.72. The molecule has 0 aromatic heterocycles. The summed E-state index contributed by atoms with van der Waals surface area (Å²) in [7, 11) is 0. The lowest BCUT2D eigenvalue weighted by atomic mass is 9.43. The molecule has 0 radical (unpaired) electrons. The van der Waals surface area contributed by atoms with E-state index in [0.29, 0.717) is 18.3 Å². The van der Waals surface area contributed by atoms with Crippen LogP contribution in [0, 0.1) is 58.7 Å². The summed E-state index contributed by atoms with van der Waals surface area (Å²) in [5.74, 6) is 3.76. The molecule has 2 N–H and O–H groups in total. The third kappa shape index (κ3) is 4.12. The fraction of sp³-hybridized carbons (Fsp3) is 0.889. The number of azide groups is 1. The fourth-order valence-electron chi connectivity index (χ4n) is 9.05. The van der Waals surface area contributed by atoms with E-state index in [1.54, 1.807) is 0 Å². The molecule has 0 aliphatic heterocycles.